The van der Waals surface area contributed by atoms with Gasteiger partial charge in [-0.1, -0.05) is 0 Å². The van der Waals surface area contributed by atoms with Gasteiger partial charge in [-0.3, -0.25) is 0 Å². The lowest BCUT2D eigenvalue weighted by Crippen LogP contribution is -2.17. The fourth-order valence-electron chi connectivity index (χ4n) is 2.31. The lowest BCUT2D eigenvalue weighted by Gasteiger charge is -2.12. The van der Waals surface area contributed by atoms with Crippen molar-refractivity contribution in [2.45, 2.75) is 32.4 Å². The van der Waals surface area contributed by atoms with Crippen molar-refractivity contribution in [1.29, 1.82) is 0 Å². The Morgan fingerprint density at radius 1 is 1.53 bits per heavy atom. The molecule has 3 heterocycles. The normalized spacial score (nSPS) is 19.9. The summed E-state index contributed by atoms with van der Waals surface area (Å²) in [4.78, 5) is 8.45. The molecule has 1 N–H and O–H groups in total. The van der Waals surface area contributed by atoms with Crippen molar-refractivity contribution in [3.05, 3.63) is 36.1 Å². The molecule has 90 valence electrons. The molecular weight excluding hydrogens is 216 g/mol. The summed E-state index contributed by atoms with van der Waals surface area (Å²) in [5.74, 6) is 1.58. The molecular formula is C12H16N4O. The van der Waals surface area contributed by atoms with Gasteiger partial charge in [-0.25, -0.2) is 9.97 Å². The number of imidazole rings is 1. The van der Waals surface area contributed by atoms with Crippen LogP contribution in [0.4, 0.5) is 0 Å². The maximum Gasteiger partial charge on any atom is 0.214 e. The molecule has 0 bridgehead atoms. The Morgan fingerprint density at radius 2 is 2.47 bits per heavy atom. The molecule has 0 aliphatic carbocycles. The van der Waals surface area contributed by atoms with E-state index in [9.17, 15) is 0 Å². The molecule has 0 amide bonds. The largest absolute Gasteiger partial charge is 0.444 e. The van der Waals surface area contributed by atoms with Crippen LogP contribution >= 0.6 is 0 Å². The van der Waals surface area contributed by atoms with Gasteiger partial charge in [0, 0.05) is 12.2 Å². The molecule has 0 saturated carbocycles. The van der Waals surface area contributed by atoms with Crippen molar-refractivity contribution in [3.8, 4) is 0 Å². The van der Waals surface area contributed by atoms with E-state index in [1.165, 1.54) is 18.5 Å². The molecule has 0 spiro atoms. The van der Waals surface area contributed by atoms with Crippen LogP contribution in [0.15, 0.2) is 23.1 Å². The number of aromatic nitrogens is 3. The van der Waals surface area contributed by atoms with Gasteiger partial charge in [-0.05, 0) is 26.3 Å². The molecule has 1 atom stereocenters. The predicted molar refractivity (Wildman–Crippen MR) is 62.5 cm³/mol. The first-order chi connectivity index (χ1) is 8.33. The number of hydrogen-bond donors (Lipinski definition) is 1. The van der Waals surface area contributed by atoms with Crippen molar-refractivity contribution in [1.82, 2.24) is 19.9 Å². The maximum atomic E-state index is 5.49. The molecule has 1 fully saturated rings. The molecule has 3 rings (SSSR count). The molecule has 5 heteroatoms. The van der Waals surface area contributed by atoms with Gasteiger partial charge < -0.3 is 14.3 Å². The van der Waals surface area contributed by atoms with Crippen LogP contribution in [0.25, 0.3) is 0 Å². The molecule has 1 aliphatic heterocycles. The fourth-order valence-corrected chi connectivity index (χ4v) is 2.31. The number of oxazole rings is 1. The van der Waals surface area contributed by atoms with Crippen molar-refractivity contribution in [3.63, 3.8) is 0 Å². The van der Waals surface area contributed by atoms with E-state index in [0.29, 0.717) is 12.6 Å². The van der Waals surface area contributed by atoms with E-state index in [1.54, 1.807) is 6.20 Å². The number of nitrogens with one attached hydrogen (secondary N) is 1. The minimum absolute atomic E-state index is 0.425. The maximum absolute atomic E-state index is 5.49. The Balaban J connectivity index is 1.81. The average Bonchev–Trinajstić information content (AvgIpc) is 3.00. The summed E-state index contributed by atoms with van der Waals surface area (Å²) in [5.41, 5.74) is 1.22. The third-order valence-corrected chi connectivity index (χ3v) is 3.14. The number of nitrogens with zero attached hydrogens (tertiary/aromatic N) is 3. The van der Waals surface area contributed by atoms with Gasteiger partial charge in [0.15, 0.2) is 0 Å². The molecule has 1 saturated heterocycles. The van der Waals surface area contributed by atoms with Crippen LogP contribution in [0.5, 0.6) is 0 Å². The van der Waals surface area contributed by atoms with Gasteiger partial charge in [-0.15, -0.1) is 0 Å². The van der Waals surface area contributed by atoms with Gasteiger partial charge in [0.05, 0.1) is 18.2 Å². The summed E-state index contributed by atoms with van der Waals surface area (Å²) < 4.78 is 7.60. The zero-order valence-electron chi connectivity index (χ0n) is 9.89. The topological polar surface area (TPSA) is 55.9 Å². The Morgan fingerprint density at radius 3 is 3.18 bits per heavy atom. The lowest BCUT2D eigenvalue weighted by molar-refractivity contribution is 0.448. The second kappa shape index (κ2) is 4.33. The monoisotopic (exact) mass is 232 g/mol. The van der Waals surface area contributed by atoms with Crippen LogP contribution in [-0.4, -0.2) is 21.1 Å². The van der Waals surface area contributed by atoms with E-state index in [4.69, 9.17) is 4.42 Å². The summed E-state index contributed by atoms with van der Waals surface area (Å²) in [7, 11) is 0. The highest BCUT2D eigenvalue weighted by molar-refractivity contribution is 5.08. The zero-order valence-corrected chi connectivity index (χ0v) is 9.89. The Labute approximate surface area is 99.9 Å². The first-order valence-corrected chi connectivity index (χ1v) is 5.97. The number of hydrogen-bond acceptors (Lipinski definition) is 4. The molecule has 1 aliphatic rings. The lowest BCUT2D eigenvalue weighted by atomic mass is 10.2. The van der Waals surface area contributed by atoms with E-state index in [2.05, 4.69) is 19.9 Å². The van der Waals surface area contributed by atoms with E-state index in [0.717, 1.165) is 18.2 Å². The molecule has 17 heavy (non-hydrogen) atoms. The van der Waals surface area contributed by atoms with E-state index in [-0.39, 0.29) is 0 Å². The highest BCUT2D eigenvalue weighted by Gasteiger charge is 2.20. The quantitative estimate of drug-likeness (QED) is 0.874. The van der Waals surface area contributed by atoms with Crippen LogP contribution in [-0.2, 0) is 6.54 Å². The van der Waals surface area contributed by atoms with E-state index in [1.807, 2.05) is 19.4 Å². The Kier molecular flexibility index (Phi) is 2.68. The zero-order chi connectivity index (χ0) is 11.7. The smallest absolute Gasteiger partial charge is 0.214 e. The molecule has 5 nitrogen and oxygen atoms in total. The van der Waals surface area contributed by atoms with Crippen LogP contribution in [0.2, 0.25) is 0 Å². The van der Waals surface area contributed by atoms with Crippen molar-refractivity contribution < 1.29 is 4.42 Å². The first-order valence-electron chi connectivity index (χ1n) is 5.97. The summed E-state index contributed by atoms with van der Waals surface area (Å²) >= 11 is 0. The van der Waals surface area contributed by atoms with E-state index >= 15 is 0 Å². The summed E-state index contributed by atoms with van der Waals surface area (Å²) in [6.07, 6.45) is 7.93. The molecule has 0 aromatic carbocycles. The van der Waals surface area contributed by atoms with Crippen LogP contribution < -0.4 is 5.32 Å². The van der Waals surface area contributed by atoms with Crippen LogP contribution in [0, 0.1) is 6.92 Å². The minimum atomic E-state index is 0.425. The van der Waals surface area contributed by atoms with Crippen LogP contribution in [0.1, 0.15) is 36.2 Å². The molecule has 1 unspecified atom stereocenters. The molecule has 0 radical (unpaired) electrons. The number of rotatable bonds is 3. The molecule has 2 aromatic heterocycles. The third kappa shape index (κ3) is 2.10. The standard InChI is InChI=1S/C12H16N4O/c1-9-5-15-12(17-9)7-16-8-13-6-11(16)10-3-2-4-14-10/h5-6,8,10,14H,2-4,7H2,1H3. The minimum Gasteiger partial charge on any atom is -0.444 e. The SMILES string of the molecule is Cc1cnc(Cn2cncc2C2CCCN2)o1. The Bertz CT molecular complexity index is 496. The summed E-state index contributed by atoms with van der Waals surface area (Å²) in [6, 6.07) is 0.425. The fraction of sp³-hybridized carbons (Fsp3) is 0.500. The van der Waals surface area contributed by atoms with E-state index < -0.39 is 0 Å². The number of aryl methyl sites for hydroxylation is 1. The van der Waals surface area contributed by atoms with Gasteiger partial charge in [0.2, 0.25) is 5.89 Å². The first kappa shape index (κ1) is 10.5. The van der Waals surface area contributed by atoms with Gasteiger partial charge in [0.1, 0.15) is 12.3 Å². The molecule has 2 aromatic rings. The van der Waals surface area contributed by atoms with Crippen molar-refractivity contribution in [2.75, 3.05) is 6.54 Å². The van der Waals surface area contributed by atoms with Crippen molar-refractivity contribution >= 4 is 0 Å². The second-order valence-corrected chi connectivity index (χ2v) is 4.46. The summed E-state index contributed by atoms with van der Waals surface area (Å²) in [5, 5.41) is 3.48. The summed E-state index contributed by atoms with van der Waals surface area (Å²) in [6.45, 7) is 3.65. The predicted octanol–water partition coefficient (Wildman–Crippen LogP) is 1.65. The van der Waals surface area contributed by atoms with Crippen molar-refractivity contribution in [2.24, 2.45) is 0 Å². The average molecular weight is 232 g/mol. The second-order valence-electron chi connectivity index (χ2n) is 4.46. The van der Waals surface area contributed by atoms with Gasteiger partial charge in [-0.2, -0.15) is 0 Å². The van der Waals surface area contributed by atoms with Crippen LogP contribution in [0.3, 0.4) is 0 Å². The highest BCUT2D eigenvalue weighted by Crippen LogP contribution is 2.23. The Hall–Kier alpha value is -1.62. The van der Waals surface area contributed by atoms with Gasteiger partial charge in [0.25, 0.3) is 0 Å². The third-order valence-electron chi connectivity index (χ3n) is 3.14. The van der Waals surface area contributed by atoms with Gasteiger partial charge >= 0.3 is 0 Å². The highest BCUT2D eigenvalue weighted by atomic mass is 16.4.